The van der Waals surface area contributed by atoms with E-state index in [0.717, 1.165) is 12.2 Å². The van der Waals surface area contributed by atoms with Gasteiger partial charge in [-0.05, 0) is 36.5 Å². The Kier molecular flexibility index (Phi) is 3.35. The van der Waals surface area contributed by atoms with Crippen molar-refractivity contribution in [2.75, 3.05) is 7.11 Å². The summed E-state index contributed by atoms with van der Waals surface area (Å²) >= 11 is 0. The molecule has 0 radical (unpaired) electrons. The van der Waals surface area contributed by atoms with E-state index in [1.165, 1.54) is 11.1 Å². The molecule has 0 saturated carbocycles. The quantitative estimate of drug-likeness (QED) is 0.690. The number of hydrogen-bond acceptors (Lipinski definition) is 1. The first-order valence-electron chi connectivity index (χ1n) is 4.77. The average molecular weight is 178 g/mol. The smallest absolute Gasteiger partial charge is 0.122 e. The van der Waals surface area contributed by atoms with Crippen LogP contribution < -0.4 is 4.74 Å². The highest BCUT2D eigenvalue weighted by atomic mass is 16.5. The molecule has 1 nitrogen and oxygen atoms in total. The van der Waals surface area contributed by atoms with Gasteiger partial charge < -0.3 is 4.74 Å². The molecule has 1 aromatic carbocycles. The predicted octanol–water partition coefficient (Wildman–Crippen LogP) is 3.20. The summed E-state index contributed by atoms with van der Waals surface area (Å²) in [6.07, 6.45) is 1.09. The Hall–Kier alpha value is -0.980. The van der Waals surface area contributed by atoms with E-state index in [9.17, 15) is 0 Å². The van der Waals surface area contributed by atoms with Gasteiger partial charge in [0.1, 0.15) is 5.75 Å². The molecule has 0 saturated heterocycles. The highest BCUT2D eigenvalue weighted by molar-refractivity contribution is 5.37. The second-order valence-electron chi connectivity index (χ2n) is 3.91. The van der Waals surface area contributed by atoms with Crippen molar-refractivity contribution < 1.29 is 4.74 Å². The molecular weight excluding hydrogens is 160 g/mol. The molecule has 1 aromatic rings. The number of methoxy groups -OCH3 is 1. The lowest BCUT2D eigenvalue weighted by molar-refractivity contribution is 0.406. The number of rotatable bonds is 3. The van der Waals surface area contributed by atoms with E-state index >= 15 is 0 Å². The molecule has 0 amide bonds. The molecule has 72 valence electrons. The lowest BCUT2D eigenvalue weighted by Crippen LogP contribution is -1.97. The van der Waals surface area contributed by atoms with Crippen LogP contribution in [0.3, 0.4) is 0 Å². The molecular formula is C12H18O. The molecule has 13 heavy (non-hydrogen) atoms. The summed E-state index contributed by atoms with van der Waals surface area (Å²) < 4.78 is 5.33. The Morgan fingerprint density at radius 2 is 2.00 bits per heavy atom. The van der Waals surface area contributed by atoms with Crippen molar-refractivity contribution in [2.24, 2.45) is 5.92 Å². The molecule has 0 bridgehead atoms. The predicted molar refractivity (Wildman–Crippen MR) is 56.3 cm³/mol. The molecule has 0 aromatic heterocycles. The fraction of sp³-hybridized carbons (Fsp3) is 0.500. The van der Waals surface area contributed by atoms with Gasteiger partial charge in [-0.2, -0.15) is 0 Å². The maximum absolute atomic E-state index is 5.33. The minimum absolute atomic E-state index is 0.677. The molecule has 0 unspecified atom stereocenters. The largest absolute Gasteiger partial charge is 0.496 e. The van der Waals surface area contributed by atoms with Gasteiger partial charge in [0.2, 0.25) is 0 Å². The van der Waals surface area contributed by atoms with Crippen LogP contribution in [0.1, 0.15) is 25.0 Å². The zero-order valence-electron chi connectivity index (χ0n) is 8.92. The monoisotopic (exact) mass is 178 g/mol. The third-order valence-electron chi connectivity index (χ3n) is 2.07. The summed E-state index contributed by atoms with van der Waals surface area (Å²) in [5, 5.41) is 0. The van der Waals surface area contributed by atoms with Gasteiger partial charge in [0.25, 0.3) is 0 Å². The van der Waals surface area contributed by atoms with E-state index in [-0.39, 0.29) is 0 Å². The van der Waals surface area contributed by atoms with Crippen LogP contribution in [-0.4, -0.2) is 7.11 Å². The summed E-state index contributed by atoms with van der Waals surface area (Å²) in [6, 6.07) is 6.39. The molecule has 0 atom stereocenters. The van der Waals surface area contributed by atoms with Crippen LogP contribution in [-0.2, 0) is 6.42 Å². The van der Waals surface area contributed by atoms with Gasteiger partial charge in [-0.1, -0.05) is 26.0 Å². The van der Waals surface area contributed by atoms with Gasteiger partial charge >= 0.3 is 0 Å². The number of aryl methyl sites for hydroxylation is 1. The van der Waals surface area contributed by atoms with Crippen LogP contribution in [0.2, 0.25) is 0 Å². The van der Waals surface area contributed by atoms with Gasteiger partial charge in [-0.25, -0.2) is 0 Å². The number of hydrogen-bond donors (Lipinski definition) is 0. The van der Waals surface area contributed by atoms with Gasteiger partial charge in [-0.15, -0.1) is 0 Å². The van der Waals surface area contributed by atoms with Crippen LogP contribution in [0.5, 0.6) is 5.75 Å². The minimum atomic E-state index is 0.677. The summed E-state index contributed by atoms with van der Waals surface area (Å²) in [6.45, 7) is 6.53. The van der Waals surface area contributed by atoms with Crippen molar-refractivity contribution in [3.8, 4) is 5.75 Å². The second kappa shape index (κ2) is 4.31. The summed E-state index contributed by atoms with van der Waals surface area (Å²) in [5.74, 6) is 1.70. The summed E-state index contributed by atoms with van der Waals surface area (Å²) in [5.41, 5.74) is 2.56. The highest BCUT2D eigenvalue weighted by Gasteiger charge is 2.04. The van der Waals surface area contributed by atoms with Crippen LogP contribution in [0.15, 0.2) is 18.2 Å². The second-order valence-corrected chi connectivity index (χ2v) is 3.91. The molecule has 1 heteroatoms. The molecule has 0 fully saturated rings. The Bertz CT molecular complexity index is 276. The van der Waals surface area contributed by atoms with Gasteiger partial charge in [0.05, 0.1) is 7.11 Å². The Balaban J connectivity index is 2.92. The number of benzene rings is 1. The summed E-state index contributed by atoms with van der Waals surface area (Å²) in [4.78, 5) is 0. The fourth-order valence-electron chi connectivity index (χ4n) is 1.46. The maximum atomic E-state index is 5.33. The Labute approximate surface area is 80.7 Å². The standard InChI is InChI=1S/C12H18O/c1-9(2)7-11-6-5-10(3)8-12(11)13-4/h5-6,8-9H,7H2,1-4H3. The Morgan fingerprint density at radius 3 is 2.54 bits per heavy atom. The molecule has 0 aliphatic heterocycles. The highest BCUT2D eigenvalue weighted by Crippen LogP contribution is 2.22. The maximum Gasteiger partial charge on any atom is 0.122 e. The topological polar surface area (TPSA) is 9.23 Å². The SMILES string of the molecule is COc1cc(C)ccc1CC(C)C. The van der Waals surface area contributed by atoms with Crippen molar-refractivity contribution in [1.29, 1.82) is 0 Å². The first kappa shape index (κ1) is 10.1. The van der Waals surface area contributed by atoms with Crippen LogP contribution in [0, 0.1) is 12.8 Å². The van der Waals surface area contributed by atoms with E-state index in [4.69, 9.17) is 4.74 Å². The van der Waals surface area contributed by atoms with E-state index < -0.39 is 0 Å². The normalized spacial score (nSPS) is 10.5. The van der Waals surface area contributed by atoms with Crippen molar-refractivity contribution in [1.82, 2.24) is 0 Å². The third kappa shape index (κ3) is 2.76. The summed E-state index contributed by atoms with van der Waals surface area (Å²) in [7, 11) is 1.73. The Morgan fingerprint density at radius 1 is 1.31 bits per heavy atom. The van der Waals surface area contributed by atoms with E-state index in [0.29, 0.717) is 5.92 Å². The minimum Gasteiger partial charge on any atom is -0.496 e. The molecule has 0 N–H and O–H groups in total. The van der Waals surface area contributed by atoms with Gasteiger partial charge in [0, 0.05) is 0 Å². The van der Waals surface area contributed by atoms with E-state index in [1.54, 1.807) is 7.11 Å². The number of ether oxygens (including phenoxy) is 1. The van der Waals surface area contributed by atoms with E-state index in [2.05, 4.69) is 39.0 Å². The molecule has 1 rings (SSSR count). The van der Waals surface area contributed by atoms with Crippen LogP contribution >= 0.6 is 0 Å². The van der Waals surface area contributed by atoms with Crippen molar-refractivity contribution >= 4 is 0 Å². The molecule has 0 spiro atoms. The van der Waals surface area contributed by atoms with Crippen molar-refractivity contribution in [3.63, 3.8) is 0 Å². The van der Waals surface area contributed by atoms with E-state index in [1.807, 2.05) is 0 Å². The lowest BCUT2D eigenvalue weighted by atomic mass is 10.0. The van der Waals surface area contributed by atoms with Gasteiger partial charge in [-0.3, -0.25) is 0 Å². The molecule has 0 heterocycles. The zero-order chi connectivity index (χ0) is 9.84. The third-order valence-corrected chi connectivity index (χ3v) is 2.07. The average Bonchev–Trinajstić information content (AvgIpc) is 2.07. The molecule has 0 aliphatic carbocycles. The van der Waals surface area contributed by atoms with Gasteiger partial charge in [0.15, 0.2) is 0 Å². The lowest BCUT2D eigenvalue weighted by Gasteiger charge is -2.10. The van der Waals surface area contributed by atoms with Crippen LogP contribution in [0.25, 0.3) is 0 Å². The van der Waals surface area contributed by atoms with Crippen LogP contribution in [0.4, 0.5) is 0 Å². The first-order chi connectivity index (χ1) is 6.13. The first-order valence-corrected chi connectivity index (χ1v) is 4.77. The van der Waals surface area contributed by atoms with Crippen molar-refractivity contribution in [3.05, 3.63) is 29.3 Å². The van der Waals surface area contributed by atoms with Crippen molar-refractivity contribution in [2.45, 2.75) is 27.2 Å². The zero-order valence-corrected chi connectivity index (χ0v) is 8.92. The molecule has 0 aliphatic rings. The fourth-order valence-corrected chi connectivity index (χ4v) is 1.46.